The largest absolute Gasteiger partial charge is 0.496 e. The number of hydrogen-bond acceptors (Lipinski definition) is 3. The van der Waals surface area contributed by atoms with Gasteiger partial charge in [-0.05, 0) is 33.6 Å². The zero-order valence-electron chi connectivity index (χ0n) is 9.24. The van der Waals surface area contributed by atoms with Crippen molar-refractivity contribution in [1.29, 1.82) is 0 Å². The summed E-state index contributed by atoms with van der Waals surface area (Å²) < 4.78 is 5.95. The second kappa shape index (κ2) is 5.86. The van der Waals surface area contributed by atoms with E-state index in [9.17, 15) is 4.79 Å². The number of ether oxygens (including phenoxy) is 1. The van der Waals surface area contributed by atoms with Crippen LogP contribution < -0.4 is 4.74 Å². The number of hydrogen-bond donors (Lipinski definition) is 1. The minimum Gasteiger partial charge on any atom is -0.496 e. The molecule has 0 saturated heterocycles. The third-order valence-electron chi connectivity index (χ3n) is 2.20. The quantitative estimate of drug-likeness (QED) is 0.911. The Labute approximate surface area is 103 Å². The average Bonchev–Trinajstić information content (AvgIpc) is 2.28. The first kappa shape index (κ1) is 13.0. The number of aliphatic hydroxyl groups is 1. The van der Waals surface area contributed by atoms with Crippen LogP contribution in [0.4, 0.5) is 0 Å². The third-order valence-corrected chi connectivity index (χ3v) is 2.82. The van der Waals surface area contributed by atoms with Crippen molar-refractivity contribution in [3.05, 3.63) is 28.2 Å². The number of carbonyl (C=O) groups is 1. The van der Waals surface area contributed by atoms with Crippen LogP contribution in [0.25, 0.3) is 0 Å². The maximum atomic E-state index is 11.2. The summed E-state index contributed by atoms with van der Waals surface area (Å²) in [5, 5.41) is 8.70. The Kier molecular flexibility index (Phi) is 4.76. The number of rotatable bonds is 4. The van der Waals surface area contributed by atoms with Gasteiger partial charge >= 0.3 is 0 Å². The maximum absolute atomic E-state index is 11.2. The van der Waals surface area contributed by atoms with Gasteiger partial charge in [-0.25, -0.2) is 0 Å². The lowest BCUT2D eigenvalue weighted by atomic mass is 10.2. The molecule has 0 bridgehead atoms. The molecule has 0 atom stereocenters. The Morgan fingerprint density at radius 3 is 2.75 bits per heavy atom. The van der Waals surface area contributed by atoms with Crippen LogP contribution in [0.15, 0.2) is 22.7 Å². The topological polar surface area (TPSA) is 49.8 Å². The normalized spacial score (nSPS) is 10.0. The van der Waals surface area contributed by atoms with Crippen molar-refractivity contribution >= 4 is 21.8 Å². The molecule has 0 radical (unpaired) electrons. The van der Waals surface area contributed by atoms with E-state index < -0.39 is 6.61 Å². The Balaban J connectivity index is 2.75. The van der Waals surface area contributed by atoms with Gasteiger partial charge in [0.05, 0.1) is 11.6 Å². The van der Waals surface area contributed by atoms with E-state index in [0.29, 0.717) is 6.54 Å². The van der Waals surface area contributed by atoms with Crippen molar-refractivity contribution in [3.63, 3.8) is 0 Å². The Morgan fingerprint density at radius 2 is 2.25 bits per heavy atom. The highest BCUT2D eigenvalue weighted by Gasteiger charge is 2.08. The lowest BCUT2D eigenvalue weighted by Crippen LogP contribution is -2.28. The van der Waals surface area contributed by atoms with Crippen molar-refractivity contribution < 1.29 is 14.6 Å². The highest BCUT2D eigenvalue weighted by molar-refractivity contribution is 9.10. The van der Waals surface area contributed by atoms with E-state index >= 15 is 0 Å². The lowest BCUT2D eigenvalue weighted by Gasteiger charge is -2.16. The molecule has 16 heavy (non-hydrogen) atoms. The third kappa shape index (κ3) is 3.21. The minimum absolute atomic E-state index is 0.299. The van der Waals surface area contributed by atoms with Crippen LogP contribution in [0.2, 0.25) is 0 Å². The second-order valence-electron chi connectivity index (χ2n) is 3.38. The van der Waals surface area contributed by atoms with E-state index in [0.717, 1.165) is 15.8 Å². The van der Waals surface area contributed by atoms with E-state index in [2.05, 4.69) is 15.9 Å². The van der Waals surface area contributed by atoms with Crippen LogP contribution in [0.3, 0.4) is 0 Å². The van der Waals surface area contributed by atoms with Crippen molar-refractivity contribution in [2.75, 3.05) is 20.8 Å². The molecule has 0 spiro atoms. The molecule has 0 aromatic heterocycles. The molecule has 0 aliphatic carbocycles. The maximum Gasteiger partial charge on any atom is 0.248 e. The molecule has 0 fully saturated rings. The molecular weight excluding hydrogens is 274 g/mol. The van der Waals surface area contributed by atoms with Gasteiger partial charge in [0.2, 0.25) is 5.91 Å². The van der Waals surface area contributed by atoms with Gasteiger partial charge in [0.15, 0.2) is 0 Å². The molecule has 5 heteroatoms. The first-order valence-electron chi connectivity index (χ1n) is 4.75. The predicted octanol–water partition coefficient (Wildman–Crippen LogP) is 1.41. The van der Waals surface area contributed by atoms with Gasteiger partial charge in [-0.3, -0.25) is 4.79 Å². The highest BCUT2D eigenvalue weighted by Crippen LogP contribution is 2.25. The zero-order valence-corrected chi connectivity index (χ0v) is 10.8. The smallest absolute Gasteiger partial charge is 0.248 e. The van der Waals surface area contributed by atoms with Crippen LogP contribution in [-0.2, 0) is 11.3 Å². The summed E-state index contributed by atoms with van der Waals surface area (Å²) in [6.07, 6.45) is 0. The Hall–Kier alpha value is -1.07. The molecular formula is C11H14BrNO3. The fourth-order valence-electron chi connectivity index (χ4n) is 1.29. The summed E-state index contributed by atoms with van der Waals surface area (Å²) in [4.78, 5) is 12.6. The number of benzene rings is 1. The molecule has 1 aromatic carbocycles. The standard InChI is InChI=1S/C11H14BrNO3/c1-13(11(15)7-14)6-8-3-4-10(16-2)9(12)5-8/h3-5,14H,6-7H2,1-2H3. The fraction of sp³-hybridized carbons (Fsp3) is 0.364. The summed E-state index contributed by atoms with van der Waals surface area (Å²) in [5.74, 6) is 0.451. The fourth-order valence-corrected chi connectivity index (χ4v) is 1.88. The zero-order chi connectivity index (χ0) is 12.1. The highest BCUT2D eigenvalue weighted by atomic mass is 79.9. The van der Waals surface area contributed by atoms with Gasteiger partial charge < -0.3 is 14.7 Å². The van der Waals surface area contributed by atoms with Crippen molar-refractivity contribution in [2.24, 2.45) is 0 Å². The lowest BCUT2D eigenvalue weighted by molar-refractivity contribution is -0.133. The van der Waals surface area contributed by atoms with Gasteiger partial charge in [-0.15, -0.1) is 0 Å². The molecule has 0 aliphatic heterocycles. The Morgan fingerprint density at radius 1 is 1.56 bits per heavy atom. The van der Waals surface area contributed by atoms with E-state index in [4.69, 9.17) is 9.84 Å². The van der Waals surface area contributed by atoms with Crippen LogP contribution in [0.1, 0.15) is 5.56 Å². The molecule has 0 aliphatic rings. The number of halogens is 1. The van der Waals surface area contributed by atoms with Crippen LogP contribution in [-0.4, -0.2) is 36.7 Å². The monoisotopic (exact) mass is 287 g/mol. The van der Waals surface area contributed by atoms with Gasteiger partial charge in [-0.2, -0.15) is 0 Å². The summed E-state index contributed by atoms with van der Waals surface area (Å²) in [5.41, 5.74) is 0.969. The molecule has 1 rings (SSSR count). The summed E-state index contributed by atoms with van der Waals surface area (Å²) in [6.45, 7) is -0.00415. The number of methoxy groups -OCH3 is 1. The molecule has 4 nitrogen and oxygen atoms in total. The van der Waals surface area contributed by atoms with E-state index in [1.165, 1.54) is 4.90 Å². The van der Waals surface area contributed by atoms with Crippen molar-refractivity contribution in [1.82, 2.24) is 4.90 Å². The van der Waals surface area contributed by atoms with E-state index in [1.807, 2.05) is 18.2 Å². The molecule has 1 aromatic rings. The van der Waals surface area contributed by atoms with Crippen LogP contribution >= 0.6 is 15.9 Å². The first-order valence-corrected chi connectivity index (χ1v) is 5.55. The van der Waals surface area contributed by atoms with Crippen LogP contribution in [0, 0.1) is 0 Å². The molecule has 0 unspecified atom stereocenters. The molecule has 0 heterocycles. The molecule has 0 saturated carbocycles. The molecule has 1 N–H and O–H groups in total. The molecule has 1 amide bonds. The summed E-state index contributed by atoms with van der Waals surface area (Å²) in [7, 11) is 3.25. The van der Waals surface area contributed by atoms with Gasteiger partial charge in [0.1, 0.15) is 12.4 Å². The number of aliphatic hydroxyl groups excluding tert-OH is 1. The van der Waals surface area contributed by atoms with Crippen molar-refractivity contribution in [3.8, 4) is 5.75 Å². The number of nitrogens with zero attached hydrogens (tertiary/aromatic N) is 1. The van der Waals surface area contributed by atoms with E-state index in [1.54, 1.807) is 14.2 Å². The minimum atomic E-state index is -0.464. The number of amides is 1. The SMILES string of the molecule is COc1ccc(CN(C)C(=O)CO)cc1Br. The van der Waals surface area contributed by atoms with Crippen LogP contribution in [0.5, 0.6) is 5.75 Å². The van der Waals surface area contributed by atoms with Crippen molar-refractivity contribution in [2.45, 2.75) is 6.54 Å². The van der Waals surface area contributed by atoms with E-state index in [-0.39, 0.29) is 5.91 Å². The summed E-state index contributed by atoms with van der Waals surface area (Å²) in [6, 6.07) is 5.60. The first-order chi connectivity index (χ1) is 7.58. The Bertz CT molecular complexity index is 381. The van der Waals surface area contributed by atoms with Gasteiger partial charge in [0.25, 0.3) is 0 Å². The molecule has 88 valence electrons. The van der Waals surface area contributed by atoms with Gasteiger partial charge in [0, 0.05) is 13.6 Å². The number of carbonyl (C=O) groups excluding carboxylic acids is 1. The average molecular weight is 288 g/mol. The predicted molar refractivity (Wildman–Crippen MR) is 64.3 cm³/mol. The summed E-state index contributed by atoms with van der Waals surface area (Å²) >= 11 is 3.37. The second-order valence-corrected chi connectivity index (χ2v) is 4.23. The number of likely N-dealkylation sites (N-methyl/N-ethyl adjacent to an activating group) is 1. The van der Waals surface area contributed by atoms with Gasteiger partial charge in [-0.1, -0.05) is 6.07 Å².